The van der Waals surface area contributed by atoms with Gasteiger partial charge in [-0.2, -0.15) is 4.98 Å². The number of fused-ring (bicyclic) bond motifs is 2. The summed E-state index contributed by atoms with van der Waals surface area (Å²) in [7, 11) is 0. The maximum Gasteiger partial charge on any atom is 0.243 e. The first-order chi connectivity index (χ1) is 9.79. The Morgan fingerprint density at radius 2 is 2.15 bits per heavy atom. The zero-order valence-electron chi connectivity index (χ0n) is 11.9. The number of aryl methyl sites for hydroxylation is 1. The van der Waals surface area contributed by atoms with Crippen LogP contribution in [0.15, 0.2) is 18.3 Å². The first-order valence-corrected chi connectivity index (χ1v) is 7.63. The second-order valence-corrected chi connectivity index (χ2v) is 6.08. The highest BCUT2D eigenvalue weighted by Crippen LogP contribution is 2.28. The Labute approximate surface area is 119 Å². The van der Waals surface area contributed by atoms with Gasteiger partial charge in [0.05, 0.1) is 0 Å². The number of hydrogen-bond donors (Lipinski definition) is 1. The van der Waals surface area contributed by atoms with E-state index in [0.717, 1.165) is 11.6 Å². The molecule has 2 aromatic heterocycles. The summed E-state index contributed by atoms with van der Waals surface area (Å²) in [6.07, 6.45) is 7.25. The highest BCUT2D eigenvalue weighted by Gasteiger charge is 2.35. The minimum Gasteiger partial charge on any atom is -0.349 e. The second kappa shape index (κ2) is 4.74. The van der Waals surface area contributed by atoms with Gasteiger partial charge in [-0.25, -0.2) is 4.52 Å². The molecule has 0 amide bonds. The molecule has 2 saturated heterocycles. The van der Waals surface area contributed by atoms with E-state index in [4.69, 9.17) is 0 Å². The van der Waals surface area contributed by atoms with Crippen LogP contribution < -0.4 is 5.32 Å². The lowest BCUT2D eigenvalue weighted by Crippen LogP contribution is -2.41. The van der Waals surface area contributed by atoms with Crippen LogP contribution in [-0.4, -0.2) is 44.7 Å². The van der Waals surface area contributed by atoms with Crippen LogP contribution >= 0.6 is 0 Å². The summed E-state index contributed by atoms with van der Waals surface area (Å²) in [4.78, 5) is 7.20. The number of anilines is 1. The topological polar surface area (TPSA) is 45.5 Å². The molecule has 5 nitrogen and oxygen atoms in total. The molecule has 2 unspecified atom stereocenters. The van der Waals surface area contributed by atoms with Gasteiger partial charge in [0.15, 0.2) is 5.65 Å². The van der Waals surface area contributed by atoms with Crippen LogP contribution in [0.3, 0.4) is 0 Å². The van der Waals surface area contributed by atoms with E-state index >= 15 is 0 Å². The zero-order valence-corrected chi connectivity index (χ0v) is 11.9. The van der Waals surface area contributed by atoms with Crippen molar-refractivity contribution in [1.82, 2.24) is 19.5 Å². The van der Waals surface area contributed by atoms with Gasteiger partial charge in [-0.15, -0.1) is 5.10 Å². The Balaban J connectivity index is 1.55. The third-order valence-corrected chi connectivity index (χ3v) is 4.65. The van der Waals surface area contributed by atoms with E-state index in [9.17, 15) is 0 Å². The standard InChI is InChI=1S/C15H21N5/c1-11-5-6-14-17-15(18-20(14)10-11)16-12-7-9-19-8-3-2-4-13(12)19/h5-6,10,12-13H,2-4,7-9H2,1H3,(H,16,18). The van der Waals surface area contributed by atoms with Crippen LogP contribution in [0, 0.1) is 6.92 Å². The van der Waals surface area contributed by atoms with Crippen molar-refractivity contribution in [3.05, 3.63) is 23.9 Å². The number of nitrogens with one attached hydrogen (secondary N) is 1. The van der Waals surface area contributed by atoms with Gasteiger partial charge in [0.1, 0.15) is 0 Å². The summed E-state index contributed by atoms with van der Waals surface area (Å²) >= 11 is 0. The highest BCUT2D eigenvalue weighted by atomic mass is 15.4. The molecule has 0 radical (unpaired) electrons. The van der Waals surface area contributed by atoms with Crippen LogP contribution in [0.4, 0.5) is 5.95 Å². The van der Waals surface area contributed by atoms with E-state index in [1.54, 1.807) is 0 Å². The molecular weight excluding hydrogens is 250 g/mol. The third kappa shape index (κ3) is 2.06. The Kier molecular flexibility index (Phi) is 2.88. The van der Waals surface area contributed by atoms with E-state index in [2.05, 4.69) is 33.3 Å². The summed E-state index contributed by atoms with van der Waals surface area (Å²) in [5, 5.41) is 8.11. The molecule has 106 valence electrons. The van der Waals surface area contributed by atoms with E-state index in [0.29, 0.717) is 12.1 Å². The first-order valence-electron chi connectivity index (χ1n) is 7.63. The zero-order chi connectivity index (χ0) is 13.5. The molecule has 0 saturated carbocycles. The minimum absolute atomic E-state index is 0.508. The van der Waals surface area contributed by atoms with Gasteiger partial charge in [-0.3, -0.25) is 4.90 Å². The van der Waals surface area contributed by atoms with Crippen LogP contribution in [0.5, 0.6) is 0 Å². The summed E-state index contributed by atoms with van der Waals surface area (Å²) in [5.41, 5.74) is 2.12. The van der Waals surface area contributed by atoms with Crippen molar-refractivity contribution in [3.8, 4) is 0 Å². The molecule has 0 bridgehead atoms. The van der Waals surface area contributed by atoms with Gasteiger partial charge in [0, 0.05) is 24.8 Å². The second-order valence-electron chi connectivity index (χ2n) is 6.08. The van der Waals surface area contributed by atoms with Crippen molar-refractivity contribution >= 4 is 11.6 Å². The van der Waals surface area contributed by atoms with Gasteiger partial charge < -0.3 is 5.32 Å². The van der Waals surface area contributed by atoms with Crippen molar-refractivity contribution in [2.45, 2.75) is 44.7 Å². The fourth-order valence-corrected chi connectivity index (χ4v) is 3.63. The maximum absolute atomic E-state index is 4.58. The molecule has 4 heterocycles. The first kappa shape index (κ1) is 12.1. The summed E-state index contributed by atoms with van der Waals surface area (Å²) in [6.45, 7) is 4.56. The fourth-order valence-electron chi connectivity index (χ4n) is 3.63. The Morgan fingerprint density at radius 1 is 1.20 bits per heavy atom. The molecule has 0 aromatic carbocycles. The minimum atomic E-state index is 0.508. The highest BCUT2D eigenvalue weighted by molar-refractivity contribution is 5.44. The van der Waals surface area contributed by atoms with Gasteiger partial charge >= 0.3 is 0 Å². The quantitative estimate of drug-likeness (QED) is 0.908. The van der Waals surface area contributed by atoms with Crippen LogP contribution in [-0.2, 0) is 0 Å². The molecule has 2 aliphatic rings. The summed E-state index contributed by atoms with van der Waals surface area (Å²) in [5.74, 6) is 0.771. The normalized spacial score (nSPS) is 26.9. The number of piperidine rings is 1. The smallest absolute Gasteiger partial charge is 0.243 e. The van der Waals surface area contributed by atoms with Gasteiger partial charge in [-0.05, 0) is 44.4 Å². The number of aromatic nitrogens is 3. The van der Waals surface area contributed by atoms with E-state index < -0.39 is 0 Å². The van der Waals surface area contributed by atoms with E-state index in [-0.39, 0.29) is 0 Å². The molecule has 1 N–H and O–H groups in total. The predicted molar refractivity (Wildman–Crippen MR) is 79.0 cm³/mol. The summed E-state index contributed by atoms with van der Waals surface area (Å²) < 4.78 is 1.87. The van der Waals surface area contributed by atoms with Crippen LogP contribution in [0.2, 0.25) is 0 Å². The number of pyridine rings is 1. The molecular formula is C15H21N5. The SMILES string of the molecule is Cc1ccc2nc(NC3CCN4CCCCC34)nn2c1. The van der Waals surface area contributed by atoms with Crippen LogP contribution in [0.25, 0.3) is 5.65 Å². The Morgan fingerprint density at radius 3 is 3.10 bits per heavy atom. The van der Waals surface area contributed by atoms with E-state index in [1.165, 1.54) is 44.3 Å². The largest absolute Gasteiger partial charge is 0.349 e. The van der Waals surface area contributed by atoms with Crippen molar-refractivity contribution < 1.29 is 0 Å². The van der Waals surface area contributed by atoms with Crippen LogP contribution in [0.1, 0.15) is 31.2 Å². The van der Waals surface area contributed by atoms with Crippen molar-refractivity contribution in [3.63, 3.8) is 0 Å². The lowest BCUT2D eigenvalue weighted by molar-refractivity contribution is 0.192. The molecule has 2 fully saturated rings. The molecule has 2 aliphatic heterocycles. The van der Waals surface area contributed by atoms with Gasteiger partial charge in [0.25, 0.3) is 0 Å². The van der Waals surface area contributed by atoms with Crippen molar-refractivity contribution in [2.75, 3.05) is 18.4 Å². The lowest BCUT2D eigenvalue weighted by atomic mass is 9.99. The van der Waals surface area contributed by atoms with E-state index in [1.807, 2.05) is 16.8 Å². The molecule has 2 atom stereocenters. The molecule has 4 rings (SSSR count). The molecule has 20 heavy (non-hydrogen) atoms. The molecule has 2 aromatic rings. The monoisotopic (exact) mass is 271 g/mol. The average Bonchev–Trinajstić information content (AvgIpc) is 3.03. The molecule has 5 heteroatoms. The third-order valence-electron chi connectivity index (χ3n) is 4.65. The molecule has 0 spiro atoms. The number of rotatable bonds is 2. The lowest BCUT2D eigenvalue weighted by Gasteiger charge is -2.32. The molecule has 0 aliphatic carbocycles. The summed E-state index contributed by atoms with van der Waals surface area (Å²) in [6, 6.07) is 5.28. The number of hydrogen-bond acceptors (Lipinski definition) is 4. The number of nitrogens with zero attached hydrogens (tertiary/aromatic N) is 4. The fraction of sp³-hybridized carbons (Fsp3) is 0.600. The van der Waals surface area contributed by atoms with Gasteiger partial charge in [0.2, 0.25) is 5.95 Å². The maximum atomic E-state index is 4.58. The average molecular weight is 271 g/mol. The van der Waals surface area contributed by atoms with Crippen molar-refractivity contribution in [2.24, 2.45) is 0 Å². The van der Waals surface area contributed by atoms with Crippen molar-refractivity contribution in [1.29, 1.82) is 0 Å². The Bertz CT molecular complexity index is 620. The predicted octanol–water partition coefficient (Wildman–Crippen LogP) is 2.08. The van der Waals surface area contributed by atoms with Gasteiger partial charge in [-0.1, -0.05) is 12.5 Å². The Hall–Kier alpha value is -1.62.